The van der Waals surface area contributed by atoms with Crippen LogP contribution < -0.4 is 15.8 Å². The van der Waals surface area contributed by atoms with Crippen molar-refractivity contribution < 1.29 is 31.5 Å². The zero-order chi connectivity index (χ0) is 26.0. The van der Waals surface area contributed by atoms with E-state index in [2.05, 4.69) is 25.4 Å². The first-order valence-corrected chi connectivity index (χ1v) is 9.65. The first-order chi connectivity index (χ1) is 17.1. The molecule has 1 amide bonds. The van der Waals surface area contributed by atoms with Crippen molar-refractivity contribution in [1.82, 2.24) is 24.7 Å². The number of rotatable bonds is 5. The maximum atomic E-state index is 14.6. The Morgan fingerprint density at radius 3 is 2.58 bits per heavy atom. The van der Waals surface area contributed by atoms with Crippen molar-refractivity contribution in [2.45, 2.75) is 6.18 Å². The van der Waals surface area contributed by atoms with E-state index in [1.54, 1.807) is 6.07 Å². The van der Waals surface area contributed by atoms with E-state index < -0.39 is 46.5 Å². The van der Waals surface area contributed by atoms with Gasteiger partial charge in [-0.3, -0.25) is 4.79 Å². The molecule has 10 nitrogen and oxygen atoms in total. The van der Waals surface area contributed by atoms with Crippen LogP contribution in [0.2, 0.25) is 0 Å². The number of carbonyl (C=O) groups excluding carboxylic acids is 1. The summed E-state index contributed by atoms with van der Waals surface area (Å²) in [5, 5.41) is 14.7. The first-order valence-electron chi connectivity index (χ1n) is 9.65. The standard InChI is InChI=1S/C21H11F5N8O2/c22-13-2-1-5-29-18(13)34-16(21(24,25)26)12(8-32-34)19(35)33-10-3-4-15(14(23)6-10)36-20-11(7-27)17(28)30-9-31-20/h1-6,8-9H,(H,33,35)(H2,28,30,31). The summed E-state index contributed by atoms with van der Waals surface area (Å²) < 4.78 is 75.3. The van der Waals surface area contributed by atoms with Crippen LogP contribution in [0.3, 0.4) is 0 Å². The van der Waals surface area contributed by atoms with E-state index in [0.717, 1.165) is 36.8 Å². The number of alkyl halides is 3. The highest BCUT2D eigenvalue weighted by Crippen LogP contribution is 2.34. The van der Waals surface area contributed by atoms with Crippen LogP contribution >= 0.6 is 0 Å². The van der Waals surface area contributed by atoms with Crippen LogP contribution in [0.1, 0.15) is 21.6 Å². The molecule has 0 atom stereocenters. The number of nitrogens with two attached hydrogens (primary N) is 1. The summed E-state index contributed by atoms with van der Waals surface area (Å²) in [5.74, 6) is -5.15. The molecule has 0 aliphatic rings. The molecule has 3 heterocycles. The second kappa shape index (κ2) is 9.25. The molecule has 36 heavy (non-hydrogen) atoms. The summed E-state index contributed by atoms with van der Waals surface area (Å²) in [5.41, 5.74) is 2.53. The normalized spacial score (nSPS) is 11.1. The predicted octanol–water partition coefficient (Wildman–Crippen LogP) is 3.85. The molecule has 0 fully saturated rings. The zero-order valence-electron chi connectivity index (χ0n) is 17.6. The molecule has 0 saturated heterocycles. The third-order valence-electron chi connectivity index (χ3n) is 4.57. The summed E-state index contributed by atoms with van der Waals surface area (Å²) in [6.07, 6.45) is -2.48. The van der Waals surface area contributed by atoms with Crippen LogP contribution in [0, 0.1) is 23.0 Å². The van der Waals surface area contributed by atoms with E-state index in [4.69, 9.17) is 15.7 Å². The molecule has 182 valence electrons. The highest BCUT2D eigenvalue weighted by molar-refractivity contribution is 6.05. The predicted molar refractivity (Wildman–Crippen MR) is 112 cm³/mol. The van der Waals surface area contributed by atoms with Gasteiger partial charge in [0.1, 0.15) is 18.2 Å². The molecular weight excluding hydrogens is 491 g/mol. The van der Waals surface area contributed by atoms with E-state index >= 15 is 0 Å². The van der Waals surface area contributed by atoms with Crippen LogP contribution in [0.4, 0.5) is 33.5 Å². The molecule has 3 N–H and O–H groups in total. The van der Waals surface area contributed by atoms with Crippen LogP contribution in [0.5, 0.6) is 11.6 Å². The van der Waals surface area contributed by atoms with Crippen molar-refractivity contribution in [2.75, 3.05) is 11.1 Å². The van der Waals surface area contributed by atoms with E-state index in [1.807, 2.05) is 0 Å². The molecule has 0 spiro atoms. The van der Waals surface area contributed by atoms with Crippen molar-refractivity contribution in [2.24, 2.45) is 0 Å². The molecule has 0 unspecified atom stereocenters. The fraction of sp³-hybridized carbons (Fsp3) is 0.0476. The minimum Gasteiger partial charge on any atom is -0.434 e. The maximum Gasteiger partial charge on any atom is 0.434 e. The van der Waals surface area contributed by atoms with Gasteiger partial charge in [-0.25, -0.2) is 28.4 Å². The number of nitrogen functional groups attached to an aromatic ring is 1. The number of ether oxygens (including phenoxy) is 1. The molecule has 0 radical (unpaired) electrons. The smallest absolute Gasteiger partial charge is 0.434 e. The fourth-order valence-corrected chi connectivity index (χ4v) is 3.01. The average molecular weight is 502 g/mol. The van der Waals surface area contributed by atoms with Crippen molar-refractivity contribution >= 4 is 17.4 Å². The second-order valence-corrected chi connectivity index (χ2v) is 6.88. The Morgan fingerprint density at radius 2 is 1.92 bits per heavy atom. The molecule has 0 aliphatic carbocycles. The number of nitrogens with one attached hydrogen (secondary N) is 1. The average Bonchev–Trinajstić information content (AvgIpc) is 3.27. The molecule has 4 rings (SSSR count). The van der Waals surface area contributed by atoms with Gasteiger partial charge < -0.3 is 15.8 Å². The van der Waals surface area contributed by atoms with Gasteiger partial charge in [0, 0.05) is 18.0 Å². The molecular formula is C21H11F5N8O2. The lowest BCUT2D eigenvalue weighted by Crippen LogP contribution is -2.21. The van der Waals surface area contributed by atoms with Gasteiger partial charge in [-0.2, -0.15) is 23.5 Å². The van der Waals surface area contributed by atoms with Gasteiger partial charge in [0.25, 0.3) is 5.91 Å². The lowest BCUT2D eigenvalue weighted by atomic mass is 10.2. The number of nitriles is 1. The molecule has 15 heteroatoms. The monoisotopic (exact) mass is 502 g/mol. The van der Waals surface area contributed by atoms with Crippen molar-refractivity contribution in [1.29, 1.82) is 5.26 Å². The number of anilines is 2. The second-order valence-electron chi connectivity index (χ2n) is 6.88. The van der Waals surface area contributed by atoms with Gasteiger partial charge in [0.15, 0.2) is 34.5 Å². The maximum absolute atomic E-state index is 14.6. The van der Waals surface area contributed by atoms with E-state index in [9.17, 15) is 26.7 Å². The third kappa shape index (κ3) is 4.59. The minimum absolute atomic E-state index is 0.155. The fourth-order valence-electron chi connectivity index (χ4n) is 3.01. The lowest BCUT2D eigenvalue weighted by molar-refractivity contribution is -0.143. The number of benzene rings is 1. The van der Waals surface area contributed by atoms with Crippen LogP contribution in [0.15, 0.2) is 49.1 Å². The molecule has 0 saturated carbocycles. The molecule has 4 aromatic rings. The van der Waals surface area contributed by atoms with E-state index in [0.29, 0.717) is 6.20 Å². The number of hydrogen-bond acceptors (Lipinski definition) is 8. The number of pyridine rings is 1. The van der Waals surface area contributed by atoms with Crippen molar-refractivity contribution in [3.8, 4) is 23.5 Å². The highest BCUT2D eigenvalue weighted by atomic mass is 19.4. The Labute approximate surface area is 197 Å². The number of nitrogens with zero attached hydrogens (tertiary/aromatic N) is 6. The van der Waals surface area contributed by atoms with Gasteiger partial charge >= 0.3 is 6.18 Å². The summed E-state index contributed by atoms with van der Waals surface area (Å²) in [6.45, 7) is 0. The van der Waals surface area contributed by atoms with Gasteiger partial charge in [-0.05, 0) is 24.3 Å². The highest BCUT2D eigenvalue weighted by Gasteiger charge is 2.41. The van der Waals surface area contributed by atoms with Gasteiger partial charge in [-0.1, -0.05) is 0 Å². The summed E-state index contributed by atoms with van der Waals surface area (Å²) in [6, 6.07) is 6.70. The van der Waals surface area contributed by atoms with Gasteiger partial charge in [0.05, 0.1) is 11.8 Å². The third-order valence-corrected chi connectivity index (χ3v) is 4.57. The van der Waals surface area contributed by atoms with Gasteiger partial charge in [0.2, 0.25) is 5.88 Å². The Morgan fingerprint density at radius 1 is 1.14 bits per heavy atom. The Bertz CT molecular complexity index is 1510. The Kier molecular flexibility index (Phi) is 6.17. The van der Waals surface area contributed by atoms with Crippen molar-refractivity contribution in [3.63, 3.8) is 0 Å². The van der Waals surface area contributed by atoms with Crippen molar-refractivity contribution in [3.05, 3.63) is 77.5 Å². The summed E-state index contributed by atoms with van der Waals surface area (Å²) >= 11 is 0. The van der Waals surface area contributed by atoms with Crippen LogP contribution in [-0.4, -0.2) is 30.6 Å². The largest absolute Gasteiger partial charge is 0.434 e. The van der Waals surface area contributed by atoms with E-state index in [1.165, 1.54) is 6.07 Å². The number of carbonyl (C=O) groups is 1. The lowest BCUT2D eigenvalue weighted by Gasteiger charge is -2.13. The van der Waals surface area contributed by atoms with Crippen LogP contribution in [0.25, 0.3) is 5.82 Å². The summed E-state index contributed by atoms with van der Waals surface area (Å²) in [4.78, 5) is 23.5. The zero-order valence-corrected chi connectivity index (χ0v) is 17.6. The number of amides is 1. The van der Waals surface area contributed by atoms with Gasteiger partial charge in [-0.15, -0.1) is 0 Å². The number of aromatic nitrogens is 5. The quantitative estimate of drug-likeness (QED) is 0.392. The minimum atomic E-state index is -5.12. The summed E-state index contributed by atoms with van der Waals surface area (Å²) in [7, 11) is 0. The first kappa shape index (κ1) is 24.0. The van der Waals surface area contributed by atoms with Crippen LogP contribution in [-0.2, 0) is 6.18 Å². The Hall–Kier alpha value is -5.13. The molecule has 1 aromatic carbocycles. The topological polar surface area (TPSA) is 145 Å². The molecule has 0 bridgehead atoms. The Balaban J connectivity index is 1.62. The van der Waals surface area contributed by atoms with E-state index in [-0.39, 0.29) is 27.6 Å². The molecule has 3 aromatic heterocycles. The number of halogens is 5. The SMILES string of the molecule is N#Cc1c(N)ncnc1Oc1ccc(NC(=O)c2cnn(-c3ncccc3F)c2C(F)(F)F)cc1F. The number of hydrogen-bond donors (Lipinski definition) is 2. The molecule has 0 aliphatic heterocycles.